The Morgan fingerprint density at radius 3 is 1.68 bits per heavy atom. The molecule has 0 radical (unpaired) electrons. The van der Waals surface area contributed by atoms with Crippen molar-refractivity contribution in [2.45, 2.75) is 6.42 Å². The zero-order valence-electron chi connectivity index (χ0n) is 21.8. The van der Waals surface area contributed by atoms with Crippen molar-refractivity contribution in [3.8, 4) is 0 Å². The Morgan fingerprint density at radius 1 is 0.625 bits per heavy atom. The predicted molar refractivity (Wildman–Crippen MR) is 160 cm³/mol. The molecule has 1 aliphatic rings. The summed E-state index contributed by atoms with van der Waals surface area (Å²) < 4.78 is 27.4. The van der Waals surface area contributed by atoms with Gasteiger partial charge >= 0.3 is 99.2 Å². The molecule has 0 amide bonds. The fourth-order valence-corrected chi connectivity index (χ4v) is 5.40. The van der Waals surface area contributed by atoms with Crippen molar-refractivity contribution in [3.63, 3.8) is 0 Å². The first-order chi connectivity index (χ1) is 19.6. The van der Waals surface area contributed by atoms with Gasteiger partial charge < -0.3 is 0 Å². The molecule has 0 fully saturated rings. The van der Waals surface area contributed by atoms with E-state index in [-0.39, 0.29) is 5.56 Å². The van der Waals surface area contributed by atoms with Crippen LogP contribution in [0.1, 0.15) is 23.1 Å². The molecular formula is C37H26F2Zr. The average Bonchev–Trinajstić information content (AvgIpc) is 3.68. The van der Waals surface area contributed by atoms with Crippen LogP contribution in [-0.2, 0) is 24.2 Å². The Balaban J connectivity index is 0.000000121. The molecule has 0 heterocycles. The Kier molecular flexibility index (Phi) is 9.27. The summed E-state index contributed by atoms with van der Waals surface area (Å²) in [5.41, 5.74) is 3.58. The normalized spacial score (nSPS) is 11.8. The van der Waals surface area contributed by atoms with E-state index in [9.17, 15) is 8.78 Å². The molecule has 0 unspecified atom stereocenters. The molecule has 0 spiro atoms. The minimum Gasteiger partial charge on any atom is -0.126 e. The van der Waals surface area contributed by atoms with Gasteiger partial charge in [-0.05, 0) is 6.07 Å². The van der Waals surface area contributed by atoms with Gasteiger partial charge in [-0.25, -0.2) is 8.78 Å². The molecule has 0 atom stereocenters. The number of rotatable bonds is 3. The molecule has 1 aliphatic carbocycles. The topological polar surface area (TPSA) is 0 Å². The molecule has 40 heavy (non-hydrogen) atoms. The monoisotopic (exact) mass is 598 g/mol. The van der Waals surface area contributed by atoms with Crippen LogP contribution in [-0.4, -0.2) is 3.21 Å². The summed E-state index contributed by atoms with van der Waals surface area (Å²) in [7, 11) is 0. The summed E-state index contributed by atoms with van der Waals surface area (Å²) in [6, 6.07) is 44.5. The Labute approximate surface area is 248 Å². The number of hydrogen-bond donors (Lipinski definition) is 0. The molecule has 0 aliphatic heterocycles. The van der Waals surface area contributed by atoms with Gasteiger partial charge in [0.05, 0.1) is 0 Å². The van der Waals surface area contributed by atoms with E-state index in [4.69, 9.17) is 0 Å². The van der Waals surface area contributed by atoms with Gasteiger partial charge in [-0.3, -0.25) is 0 Å². The second-order valence-corrected chi connectivity index (χ2v) is 10.5. The molecule has 0 aromatic heterocycles. The fraction of sp³-hybridized carbons (Fsp3) is 0.0270. The SMILES string of the molecule is Fc1cccc(C2=[C-]CC=C2)c1F.[Zr+2]=[C](c1ccccc1)c1ccccc1.c1ccc2c(c1)[cH-]c1ccccc12. The minimum atomic E-state index is -0.813. The maximum atomic E-state index is 13.2. The van der Waals surface area contributed by atoms with Crippen molar-refractivity contribution in [1.29, 1.82) is 0 Å². The third-order valence-corrected chi connectivity index (χ3v) is 8.00. The Bertz CT molecular complexity index is 1700. The number of allylic oxidation sites excluding steroid dienone is 4. The molecular weight excluding hydrogens is 574 g/mol. The number of halogens is 2. The van der Waals surface area contributed by atoms with E-state index in [0.29, 0.717) is 12.0 Å². The largest absolute Gasteiger partial charge is 0.126 e. The van der Waals surface area contributed by atoms with Crippen molar-refractivity contribution in [2.24, 2.45) is 0 Å². The fourth-order valence-electron chi connectivity index (χ4n) is 4.58. The van der Waals surface area contributed by atoms with Crippen LogP contribution >= 0.6 is 0 Å². The third-order valence-electron chi connectivity index (χ3n) is 6.58. The maximum absolute atomic E-state index is 13.2. The van der Waals surface area contributed by atoms with Gasteiger partial charge in [0.2, 0.25) is 0 Å². The van der Waals surface area contributed by atoms with E-state index in [1.807, 2.05) is 6.08 Å². The van der Waals surface area contributed by atoms with E-state index in [0.717, 1.165) is 6.07 Å². The molecule has 0 bridgehead atoms. The van der Waals surface area contributed by atoms with Crippen LogP contribution in [0.4, 0.5) is 8.78 Å². The van der Waals surface area contributed by atoms with Gasteiger partial charge in [0.15, 0.2) is 0 Å². The van der Waals surface area contributed by atoms with Crippen molar-refractivity contribution in [1.82, 2.24) is 0 Å². The van der Waals surface area contributed by atoms with Crippen LogP contribution in [0.5, 0.6) is 0 Å². The van der Waals surface area contributed by atoms with Crippen LogP contribution in [0.3, 0.4) is 0 Å². The molecule has 6 aromatic carbocycles. The summed E-state index contributed by atoms with van der Waals surface area (Å²) in [4.78, 5) is 0. The summed E-state index contributed by atoms with van der Waals surface area (Å²) in [5, 5.41) is 5.39. The molecule has 6 aromatic rings. The van der Waals surface area contributed by atoms with Gasteiger partial charge in [0.25, 0.3) is 0 Å². The van der Waals surface area contributed by atoms with E-state index in [1.54, 1.807) is 12.1 Å². The number of hydrogen-bond acceptors (Lipinski definition) is 0. The molecule has 0 N–H and O–H groups in total. The minimum absolute atomic E-state index is 0.286. The zero-order valence-corrected chi connectivity index (χ0v) is 24.3. The second kappa shape index (κ2) is 13.4. The van der Waals surface area contributed by atoms with E-state index in [2.05, 4.69) is 121 Å². The van der Waals surface area contributed by atoms with Crippen molar-refractivity contribution in [3.05, 3.63) is 180 Å². The van der Waals surface area contributed by atoms with E-state index < -0.39 is 11.6 Å². The van der Waals surface area contributed by atoms with Crippen LogP contribution in [0.2, 0.25) is 0 Å². The van der Waals surface area contributed by atoms with Crippen molar-refractivity contribution in [2.75, 3.05) is 0 Å². The van der Waals surface area contributed by atoms with Gasteiger partial charge in [-0.1, -0.05) is 54.4 Å². The van der Waals surface area contributed by atoms with Gasteiger partial charge in [-0.15, -0.1) is 51.9 Å². The quantitative estimate of drug-likeness (QED) is 0.178. The third kappa shape index (κ3) is 6.61. The Morgan fingerprint density at radius 2 is 1.15 bits per heavy atom. The molecule has 0 nitrogen and oxygen atoms in total. The number of fused-ring (bicyclic) bond motifs is 3. The van der Waals surface area contributed by atoms with E-state index >= 15 is 0 Å². The average molecular weight is 600 g/mol. The molecule has 7 rings (SSSR count). The van der Waals surface area contributed by atoms with Gasteiger partial charge in [0, 0.05) is 0 Å². The van der Waals surface area contributed by atoms with Crippen LogP contribution < -0.4 is 0 Å². The zero-order chi connectivity index (χ0) is 27.7. The first-order valence-electron chi connectivity index (χ1n) is 13.1. The van der Waals surface area contributed by atoms with Crippen LogP contribution in [0.25, 0.3) is 27.1 Å². The van der Waals surface area contributed by atoms with Crippen molar-refractivity contribution < 1.29 is 33.0 Å². The molecule has 0 saturated carbocycles. The second-order valence-electron chi connectivity index (χ2n) is 9.22. The first-order valence-corrected chi connectivity index (χ1v) is 14.3. The summed E-state index contributed by atoms with van der Waals surface area (Å²) >= 11 is 1.46. The summed E-state index contributed by atoms with van der Waals surface area (Å²) in [6.45, 7) is 0. The van der Waals surface area contributed by atoms with Crippen LogP contribution in [0.15, 0.2) is 146 Å². The molecule has 192 valence electrons. The molecule has 0 saturated heterocycles. The smallest absolute Gasteiger partial charge is 0.0771 e. The Hall–Kier alpha value is -3.94. The van der Waals surface area contributed by atoms with Crippen LogP contribution in [0, 0.1) is 17.7 Å². The van der Waals surface area contributed by atoms with E-state index in [1.165, 1.54) is 66.2 Å². The number of benzene rings is 5. The van der Waals surface area contributed by atoms with Crippen molar-refractivity contribution >= 4 is 30.3 Å². The first kappa shape index (κ1) is 27.6. The predicted octanol–water partition coefficient (Wildman–Crippen LogP) is 9.63. The van der Waals surface area contributed by atoms with Gasteiger partial charge in [0.1, 0.15) is 11.6 Å². The summed E-state index contributed by atoms with van der Waals surface area (Å²) in [6.07, 6.45) is 7.22. The maximum Gasteiger partial charge on any atom is -0.0771 e. The summed E-state index contributed by atoms with van der Waals surface area (Å²) in [5.74, 6) is -1.61. The molecule has 3 heteroatoms. The standard InChI is InChI=1S/C13H9.C13H10.C11H7F2.Zr/c1-3-7-12-10(5-1)9-11-6-2-4-8-13(11)12;1-3-7-12(8-4-1)11-13-9-5-2-6-10-13;12-10-7-3-6-9(11(10)13)8-4-1-2-5-8;/h1-9H;1-10H;1,3-4,6-7H,2H2;/q-1;;-1;+2. The van der Waals surface area contributed by atoms with Gasteiger partial charge in [-0.2, -0.15) is 17.7 Å².